The summed E-state index contributed by atoms with van der Waals surface area (Å²) in [5.74, 6) is 1.24. The van der Waals surface area contributed by atoms with Gasteiger partial charge >= 0.3 is 6.18 Å². The zero-order valence-electron chi connectivity index (χ0n) is 17.1. The molecule has 9 heteroatoms. The Bertz CT molecular complexity index is 1300. The van der Waals surface area contributed by atoms with Crippen LogP contribution in [0.4, 0.5) is 18.9 Å². The number of furan rings is 1. The fraction of sp³-hybridized carbons (Fsp3) is 0.130. The van der Waals surface area contributed by atoms with E-state index in [1.165, 1.54) is 40.5 Å². The molecule has 0 N–H and O–H groups in total. The number of para-hydroxylation sites is 1. The van der Waals surface area contributed by atoms with Gasteiger partial charge in [0.1, 0.15) is 17.2 Å². The first-order valence-electron chi connectivity index (χ1n) is 9.52. The van der Waals surface area contributed by atoms with Crippen molar-refractivity contribution in [3.05, 3.63) is 88.4 Å². The SMILES string of the molecule is COc1ccc(-c2csc(=Nc3ccccc3C(F)(F)F)n2/N=C(/C)c2ccco2)cc1. The summed E-state index contributed by atoms with van der Waals surface area (Å²) >= 11 is 1.19. The number of hydrogen-bond acceptors (Lipinski definition) is 5. The van der Waals surface area contributed by atoms with Crippen LogP contribution in [-0.2, 0) is 6.18 Å². The molecule has 4 rings (SSSR count). The molecule has 2 heterocycles. The smallest absolute Gasteiger partial charge is 0.418 e. The number of thiazole rings is 1. The van der Waals surface area contributed by atoms with Crippen LogP contribution in [-0.4, -0.2) is 17.5 Å². The largest absolute Gasteiger partial charge is 0.497 e. The number of hydrogen-bond donors (Lipinski definition) is 0. The molecular weight excluding hydrogens is 439 g/mol. The first-order chi connectivity index (χ1) is 15.4. The number of benzene rings is 2. The van der Waals surface area contributed by atoms with E-state index in [0.717, 1.165) is 11.6 Å². The third-order valence-corrected chi connectivity index (χ3v) is 5.44. The van der Waals surface area contributed by atoms with Crippen molar-refractivity contribution in [1.29, 1.82) is 0 Å². The fourth-order valence-corrected chi connectivity index (χ4v) is 3.87. The zero-order chi connectivity index (χ0) is 22.7. The molecule has 0 fully saturated rings. The average molecular weight is 457 g/mol. The molecule has 0 saturated carbocycles. The van der Waals surface area contributed by atoms with Crippen molar-refractivity contribution in [1.82, 2.24) is 4.68 Å². The highest BCUT2D eigenvalue weighted by atomic mass is 32.1. The Labute approximate surface area is 185 Å². The first-order valence-corrected chi connectivity index (χ1v) is 10.4. The fourth-order valence-electron chi connectivity index (χ4n) is 3.03. The third kappa shape index (κ3) is 4.52. The molecule has 0 spiro atoms. The summed E-state index contributed by atoms with van der Waals surface area (Å²) < 4.78 is 52.6. The number of methoxy groups -OCH3 is 1. The van der Waals surface area contributed by atoms with Gasteiger partial charge in [-0.05, 0) is 55.5 Å². The van der Waals surface area contributed by atoms with E-state index in [1.807, 2.05) is 12.1 Å². The Morgan fingerprint density at radius 1 is 1.03 bits per heavy atom. The molecule has 0 saturated heterocycles. The van der Waals surface area contributed by atoms with Crippen molar-refractivity contribution in [2.75, 3.05) is 7.11 Å². The lowest BCUT2D eigenvalue weighted by molar-refractivity contribution is -0.137. The van der Waals surface area contributed by atoms with Crippen molar-refractivity contribution in [3.8, 4) is 17.0 Å². The van der Waals surface area contributed by atoms with Gasteiger partial charge in [-0.15, -0.1) is 11.3 Å². The molecule has 4 aromatic rings. The summed E-state index contributed by atoms with van der Waals surface area (Å²) in [7, 11) is 1.58. The normalized spacial score (nSPS) is 12.9. The number of ether oxygens (including phenoxy) is 1. The van der Waals surface area contributed by atoms with Crippen LogP contribution in [0.25, 0.3) is 11.3 Å². The van der Waals surface area contributed by atoms with E-state index in [0.29, 0.717) is 27.7 Å². The topological polar surface area (TPSA) is 52.0 Å². The van der Waals surface area contributed by atoms with Crippen LogP contribution < -0.4 is 9.54 Å². The van der Waals surface area contributed by atoms with Gasteiger partial charge in [-0.1, -0.05) is 12.1 Å². The highest BCUT2D eigenvalue weighted by Crippen LogP contribution is 2.36. The summed E-state index contributed by atoms with van der Waals surface area (Å²) in [6.45, 7) is 1.76. The molecule has 0 aliphatic rings. The van der Waals surface area contributed by atoms with Crippen molar-refractivity contribution < 1.29 is 22.3 Å². The van der Waals surface area contributed by atoms with E-state index in [2.05, 4.69) is 10.1 Å². The maximum absolute atomic E-state index is 13.5. The van der Waals surface area contributed by atoms with Gasteiger partial charge in [0.2, 0.25) is 4.80 Å². The Hall–Kier alpha value is -3.59. The van der Waals surface area contributed by atoms with E-state index in [-0.39, 0.29) is 5.69 Å². The number of alkyl halides is 3. The standard InChI is InChI=1S/C23H18F3N3O2S/c1-15(21-8-5-13-31-21)28-29-20(16-9-11-17(30-2)12-10-16)14-32-22(29)27-19-7-4-3-6-18(19)23(24,25)26/h3-14H,1-2H3/b27-22?,28-15-. The summed E-state index contributed by atoms with van der Waals surface area (Å²) in [4.78, 5) is 4.61. The van der Waals surface area contributed by atoms with Gasteiger partial charge in [-0.3, -0.25) is 0 Å². The van der Waals surface area contributed by atoms with Crippen LogP contribution in [0.5, 0.6) is 5.75 Å². The van der Waals surface area contributed by atoms with E-state index < -0.39 is 11.7 Å². The predicted molar refractivity (Wildman–Crippen MR) is 117 cm³/mol. The molecule has 0 radical (unpaired) electrons. The van der Waals surface area contributed by atoms with Gasteiger partial charge in [0.15, 0.2) is 0 Å². The molecule has 2 aromatic heterocycles. The zero-order valence-corrected chi connectivity index (χ0v) is 17.9. The third-order valence-electron chi connectivity index (χ3n) is 4.62. The Morgan fingerprint density at radius 3 is 2.44 bits per heavy atom. The summed E-state index contributed by atoms with van der Waals surface area (Å²) in [5.41, 5.74) is 1.05. The number of nitrogens with zero attached hydrogens (tertiary/aromatic N) is 3. The van der Waals surface area contributed by atoms with E-state index in [1.54, 1.807) is 43.7 Å². The summed E-state index contributed by atoms with van der Waals surface area (Å²) in [6, 6.07) is 16.0. The summed E-state index contributed by atoms with van der Waals surface area (Å²) in [5, 5.41) is 6.41. The van der Waals surface area contributed by atoms with Gasteiger partial charge in [0.25, 0.3) is 0 Å². The molecule has 0 atom stereocenters. The van der Waals surface area contributed by atoms with Gasteiger partial charge < -0.3 is 9.15 Å². The van der Waals surface area contributed by atoms with Crippen molar-refractivity contribution >= 4 is 22.7 Å². The first kappa shape index (κ1) is 21.6. The minimum atomic E-state index is -4.52. The molecule has 0 unspecified atom stereocenters. The van der Waals surface area contributed by atoms with Crippen LogP contribution in [0.2, 0.25) is 0 Å². The Morgan fingerprint density at radius 2 is 1.78 bits per heavy atom. The minimum Gasteiger partial charge on any atom is -0.497 e. The lowest BCUT2D eigenvalue weighted by Crippen LogP contribution is -2.14. The molecule has 5 nitrogen and oxygen atoms in total. The lowest BCUT2D eigenvalue weighted by Gasteiger charge is -2.09. The number of halogens is 3. The van der Waals surface area contributed by atoms with Crippen molar-refractivity contribution in [3.63, 3.8) is 0 Å². The van der Waals surface area contributed by atoms with Crippen molar-refractivity contribution in [2.45, 2.75) is 13.1 Å². The molecule has 0 aliphatic carbocycles. The second-order valence-corrected chi connectivity index (χ2v) is 7.57. The van der Waals surface area contributed by atoms with Crippen LogP contribution in [0, 0.1) is 0 Å². The molecular formula is C23H18F3N3O2S. The van der Waals surface area contributed by atoms with Crippen LogP contribution in [0.3, 0.4) is 0 Å². The molecule has 32 heavy (non-hydrogen) atoms. The van der Waals surface area contributed by atoms with Gasteiger partial charge in [0.05, 0.1) is 30.3 Å². The van der Waals surface area contributed by atoms with Gasteiger partial charge in [0, 0.05) is 10.9 Å². The number of aromatic nitrogens is 1. The maximum atomic E-state index is 13.5. The summed E-state index contributed by atoms with van der Waals surface area (Å²) in [6.07, 6.45) is -2.99. The second kappa shape index (κ2) is 8.88. The van der Waals surface area contributed by atoms with E-state index in [9.17, 15) is 13.2 Å². The van der Waals surface area contributed by atoms with E-state index in [4.69, 9.17) is 9.15 Å². The van der Waals surface area contributed by atoms with Gasteiger partial charge in [-0.2, -0.15) is 18.3 Å². The van der Waals surface area contributed by atoms with Crippen molar-refractivity contribution in [2.24, 2.45) is 10.1 Å². The van der Waals surface area contributed by atoms with Crippen LogP contribution >= 0.6 is 11.3 Å². The monoisotopic (exact) mass is 457 g/mol. The maximum Gasteiger partial charge on any atom is 0.418 e. The minimum absolute atomic E-state index is 0.178. The molecule has 164 valence electrons. The lowest BCUT2D eigenvalue weighted by atomic mass is 10.1. The van der Waals surface area contributed by atoms with E-state index >= 15 is 0 Å². The Kier molecular flexibility index (Phi) is 6.00. The Balaban J connectivity index is 1.91. The van der Waals surface area contributed by atoms with Gasteiger partial charge in [-0.25, -0.2) is 9.67 Å². The molecule has 2 aromatic carbocycles. The van der Waals surface area contributed by atoms with Crippen LogP contribution in [0.15, 0.2) is 86.8 Å². The number of rotatable bonds is 5. The molecule has 0 bridgehead atoms. The predicted octanol–water partition coefficient (Wildman–Crippen LogP) is 6.34. The molecule has 0 aliphatic heterocycles. The molecule has 0 amide bonds. The highest BCUT2D eigenvalue weighted by molar-refractivity contribution is 7.07. The average Bonchev–Trinajstić information content (AvgIpc) is 3.45. The van der Waals surface area contributed by atoms with Crippen LogP contribution in [0.1, 0.15) is 18.2 Å². The highest BCUT2D eigenvalue weighted by Gasteiger charge is 2.33. The quantitative estimate of drug-likeness (QED) is 0.328. The second-order valence-electron chi connectivity index (χ2n) is 6.73.